The summed E-state index contributed by atoms with van der Waals surface area (Å²) >= 11 is 7.48. The average Bonchev–Trinajstić information content (AvgIpc) is 3.47. The van der Waals surface area contributed by atoms with E-state index in [0.29, 0.717) is 0 Å². The molecule has 2 aliphatic rings. The van der Waals surface area contributed by atoms with Crippen LogP contribution >= 0.6 is 11.6 Å². The van der Waals surface area contributed by atoms with Gasteiger partial charge in [-0.15, -0.1) is 0 Å². The van der Waals surface area contributed by atoms with Crippen LogP contribution in [-0.4, -0.2) is 0 Å². The first kappa shape index (κ1) is 24.9. The lowest BCUT2D eigenvalue weighted by Gasteiger charge is -2.36. The van der Waals surface area contributed by atoms with Gasteiger partial charge in [0.25, 0.3) is 0 Å². The Labute approximate surface area is 257 Å². The molecule has 0 nitrogen and oxygen atoms in total. The fourth-order valence-electron chi connectivity index (χ4n) is 8.42. The molecule has 0 unspecified atom stereocenters. The third kappa shape index (κ3) is 3.12. The Balaban J connectivity index is 1.43. The van der Waals surface area contributed by atoms with E-state index in [1.54, 1.807) is 0 Å². The highest BCUT2D eigenvalue weighted by atomic mass is 35.5. The Morgan fingerprint density at radius 2 is 1.02 bits per heavy atom. The van der Waals surface area contributed by atoms with Crippen LogP contribution in [0.1, 0.15) is 47.2 Å². The smallest absolute Gasteiger partial charge is 0.0720 e. The molecule has 0 bridgehead atoms. The Morgan fingerprint density at radius 3 is 1.74 bits per heavy atom. The van der Waals surface area contributed by atoms with Crippen molar-refractivity contribution in [2.75, 3.05) is 0 Å². The molecule has 0 saturated heterocycles. The van der Waals surface area contributed by atoms with Gasteiger partial charge in [-0.2, -0.15) is 0 Å². The highest BCUT2D eigenvalue weighted by Gasteiger charge is 2.48. The maximum Gasteiger partial charge on any atom is 0.0720 e. The van der Waals surface area contributed by atoms with Crippen LogP contribution in [0.3, 0.4) is 0 Å². The van der Waals surface area contributed by atoms with Crippen molar-refractivity contribution in [2.24, 2.45) is 0 Å². The Kier molecular flexibility index (Phi) is 5.03. The minimum absolute atomic E-state index is 0.219. The number of fused-ring (bicyclic) bond motifs is 9. The lowest BCUT2D eigenvalue weighted by molar-refractivity contribution is 0.661. The van der Waals surface area contributed by atoms with Gasteiger partial charge in [0.15, 0.2) is 0 Å². The quantitative estimate of drug-likeness (QED) is 0.194. The highest BCUT2D eigenvalue weighted by Crippen LogP contribution is 2.60. The molecule has 204 valence electrons. The zero-order valence-electron chi connectivity index (χ0n) is 24.2. The molecule has 43 heavy (non-hydrogen) atoms. The van der Waals surface area contributed by atoms with Crippen molar-refractivity contribution in [2.45, 2.75) is 24.7 Å². The van der Waals surface area contributed by atoms with Gasteiger partial charge in [0.05, 0.1) is 5.41 Å². The van der Waals surface area contributed by atoms with Gasteiger partial charge in [0, 0.05) is 16.0 Å². The van der Waals surface area contributed by atoms with Crippen LogP contribution in [-0.2, 0) is 10.8 Å². The Hall–Kier alpha value is -4.65. The van der Waals surface area contributed by atoms with Crippen LogP contribution < -0.4 is 0 Å². The summed E-state index contributed by atoms with van der Waals surface area (Å²) in [5, 5.41) is 5.90. The number of halogens is 1. The minimum Gasteiger partial charge on any atom is -0.0836 e. The number of hydrogen-bond acceptors (Lipinski definition) is 0. The molecule has 2 aliphatic carbocycles. The van der Waals surface area contributed by atoms with E-state index in [-0.39, 0.29) is 5.41 Å². The predicted octanol–water partition coefficient (Wildman–Crippen LogP) is 11.3. The van der Waals surface area contributed by atoms with E-state index in [2.05, 4.69) is 153 Å². The van der Waals surface area contributed by atoms with Gasteiger partial charge in [0.1, 0.15) is 0 Å². The van der Waals surface area contributed by atoms with Crippen LogP contribution in [0.5, 0.6) is 0 Å². The van der Waals surface area contributed by atoms with Crippen molar-refractivity contribution in [3.05, 3.63) is 178 Å². The molecule has 7 aromatic carbocycles. The molecule has 9 rings (SSSR count). The highest BCUT2D eigenvalue weighted by molar-refractivity contribution is 6.34. The molecule has 7 aromatic rings. The molecule has 0 spiro atoms. The van der Waals surface area contributed by atoms with Gasteiger partial charge < -0.3 is 0 Å². The fourth-order valence-corrected chi connectivity index (χ4v) is 8.74. The first-order chi connectivity index (χ1) is 21.0. The molecule has 0 aliphatic heterocycles. The molecular weight excluding hydrogens is 540 g/mol. The first-order valence-corrected chi connectivity index (χ1v) is 15.4. The average molecular weight is 569 g/mol. The Morgan fingerprint density at radius 1 is 0.465 bits per heavy atom. The summed E-state index contributed by atoms with van der Waals surface area (Å²) in [5.41, 5.74) is 12.0. The normalized spacial score (nSPS) is 15.2. The number of hydrogen-bond donors (Lipinski definition) is 0. The molecule has 0 atom stereocenters. The van der Waals surface area contributed by atoms with Crippen molar-refractivity contribution in [3.8, 4) is 22.3 Å². The van der Waals surface area contributed by atoms with Gasteiger partial charge >= 0.3 is 0 Å². The first-order valence-electron chi connectivity index (χ1n) is 15.1. The van der Waals surface area contributed by atoms with E-state index in [9.17, 15) is 0 Å². The molecule has 0 radical (unpaired) electrons. The third-order valence-corrected chi connectivity index (χ3v) is 10.5. The summed E-state index contributed by atoms with van der Waals surface area (Å²) in [6.45, 7) is 4.73. The monoisotopic (exact) mass is 568 g/mol. The summed E-state index contributed by atoms with van der Waals surface area (Å²) in [6, 6.07) is 51.5. The summed E-state index contributed by atoms with van der Waals surface area (Å²) in [4.78, 5) is 0. The van der Waals surface area contributed by atoms with Crippen molar-refractivity contribution in [3.63, 3.8) is 0 Å². The van der Waals surface area contributed by atoms with Gasteiger partial charge in [-0.1, -0.05) is 159 Å². The van der Waals surface area contributed by atoms with E-state index in [0.717, 1.165) is 5.02 Å². The van der Waals surface area contributed by atoms with Gasteiger partial charge in [-0.3, -0.25) is 0 Å². The maximum atomic E-state index is 7.48. The molecule has 0 aromatic heterocycles. The second-order valence-corrected chi connectivity index (χ2v) is 13.0. The van der Waals surface area contributed by atoms with Gasteiger partial charge in [-0.25, -0.2) is 0 Å². The predicted molar refractivity (Wildman–Crippen MR) is 181 cm³/mol. The van der Waals surface area contributed by atoms with Crippen molar-refractivity contribution < 1.29 is 0 Å². The van der Waals surface area contributed by atoms with Crippen LogP contribution in [0.2, 0.25) is 5.02 Å². The van der Waals surface area contributed by atoms with Crippen LogP contribution in [0, 0.1) is 0 Å². The third-order valence-electron chi connectivity index (χ3n) is 10.2. The van der Waals surface area contributed by atoms with E-state index >= 15 is 0 Å². The van der Waals surface area contributed by atoms with Crippen molar-refractivity contribution >= 4 is 33.1 Å². The van der Waals surface area contributed by atoms with E-state index in [1.165, 1.54) is 77.2 Å². The lowest BCUT2D eigenvalue weighted by Crippen LogP contribution is -2.29. The molecule has 0 saturated carbocycles. The van der Waals surface area contributed by atoms with Crippen LogP contribution in [0.25, 0.3) is 43.8 Å². The van der Waals surface area contributed by atoms with Crippen molar-refractivity contribution in [1.29, 1.82) is 0 Å². The van der Waals surface area contributed by atoms with Crippen molar-refractivity contribution in [1.82, 2.24) is 0 Å². The number of benzene rings is 7. The molecule has 0 amide bonds. The summed E-state index contributed by atoms with van der Waals surface area (Å²) < 4.78 is 0. The fraction of sp³-hybridized carbons (Fsp3) is 0.0952. The summed E-state index contributed by atoms with van der Waals surface area (Å²) in [7, 11) is 0. The lowest BCUT2D eigenvalue weighted by atomic mass is 9.65. The molecule has 0 heterocycles. The second kappa shape index (κ2) is 8.69. The molecule has 0 fully saturated rings. The van der Waals surface area contributed by atoms with E-state index < -0.39 is 5.41 Å². The van der Waals surface area contributed by atoms with E-state index in [1.807, 2.05) is 0 Å². The standard InChI is InChI=1S/C42H29Cl/c1-41(2)37-24-28(25-38(43)39(37)33-23-22-27-13-4-6-16-30(27)40(33)41)42(34-21-11-14-26-12-3-5-15-29(26)34)35-19-9-7-17-31(35)32-18-8-10-20-36(32)42/h3-25H,1-2H3. The maximum absolute atomic E-state index is 7.48. The second-order valence-electron chi connectivity index (χ2n) is 12.6. The number of rotatable bonds is 2. The summed E-state index contributed by atoms with van der Waals surface area (Å²) in [6.07, 6.45) is 0. The topological polar surface area (TPSA) is 0 Å². The SMILES string of the molecule is CC1(C)c2cc(C3(c4cccc5ccccc45)c4ccccc4-c4ccccc43)cc(Cl)c2-c2ccc3ccccc3c21. The minimum atomic E-state index is -0.528. The molecule has 0 N–H and O–H groups in total. The Bertz CT molecular complexity index is 2240. The summed E-state index contributed by atoms with van der Waals surface area (Å²) in [5.74, 6) is 0. The molecule has 1 heteroatoms. The largest absolute Gasteiger partial charge is 0.0836 e. The zero-order valence-corrected chi connectivity index (χ0v) is 24.9. The van der Waals surface area contributed by atoms with Crippen LogP contribution in [0.4, 0.5) is 0 Å². The van der Waals surface area contributed by atoms with Gasteiger partial charge in [0.2, 0.25) is 0 Å². The zero-order chi connectivity index (χ0) is 28.9. The van der Waals surface area contributed by atoms with Crippen LogP contribution in [0.15, 0.2) is 140 Å². The van der Waals surface area contributed by atoms with Gasteiger partial charge in [-0.05, 0) is 77.7 Å². The molecular formula is C42H29Cl. The van der Waals surface area contributed by atoms with E-state index in [4.69, 9.17) is 11.6 Å².